The van der Waals surface area contributed by atoms with Crippen molar-refractivity contribution in [3.05, 3.63) is 23.9 Å². The first-order chi connectivity index (χ1) is 5.86. The lowest BCUT2D eigenvalue weighted by Crippen LogP contribution is -2.22. The highest BCUT2D eigenvalue weighted by Crippen LogP contribution is 2.10. The topological polar surface area (TPSA) is 40.2 Å². The van der Waals surface area contributed by atoms with Gasteiger partial charge in [-0.2, -0.15) is 0 Å². The Kier molecular flexibility index (Phi) is 1.93. The van der Waals surface area contributed by atoms with E-state index < -0.39 is 0 Å². The summed E-state index contributed by atoms with van der Waals surface area (Å²) in [6, 6.07) is 6.04. The molecule has 0 saturated carbocycles. The van der Waals surface area contributed by atoms with Crippen molar-refractivity contribution in [3.8, 4) is 0 Å². The Bertz CT molecular complexity index is 268. The second kappa shape index (κ2) is 3.08. The number of aryl methyl sites for hydroxylation is 1. The molecular weight excluding hydrogens is 152 g/mol. The Hall–Kier alpha value is -1.13. The molecule has 4 heteroatoms. The van der Waals surface area contributed by atoms with Crippen molar-refractivity contribution < 1.29 is 0 Å². The third kappa shape index (κ3) is 1.39. The molecule has 1 aliphatic rings. The standard InChI is InChI=1S/C8H12N4/c1-7-3-2-4-8(11-7)12-5-9-10-6-12/h2-4,9-10H,5-6H2,1H3. The van der Waals surface area contributed by atoms with Gasteiger partial charge in [-0.05, 0) is 19.1 Å². The van der Waals surface area contributed by atoms with Crippen molar-refractivity contribution in [1.29, 1.82) is 0 Å². The summed E-state index contributed by atoms with van der Waals surface area (Å²) < 4.78 is 0. The number of hydrazine groups is 1. The van der Waals surface area contributed by atoms with E-state index in [4.69, 9.17) is 0 Å². The lowest BCUT2D eigenvalue weighted by atomic mass is 10.3. The van der Waals surface area contributed by atoms with Crippen LogP contribution in [0.15, 0.2) is 18.2 Å². The number of anilines is 1. The molecule has 0 unspecified atom stereocenters. The summed E-state index contributed by atoms with van der Waals surface area (Å²) in [4.78, 5) is 6.53. The first-order valence-electron chi connectivity index (χ1n) is 4.00. The van der Waals surface area contributed by atoms with Gasteiger partial charge in [0.1, 0.15) is 5.82 Å². The quantitative estimate of drug-likeness (QED) is 0.623. The Morgan fingerprint density at radius 2 is 2.08 bits per heavy atom. The van der Waals surface area contributed by atoms with Gasteiger partial charge in [0.15, 0.2) is 0 Å². The van der Waals surface area contributed by atoms with Crippen LogP contribution in [0.2, 0.25) is 0 Å². The summed E-state index contributed by atoms with van der Waals surface area (Å²) in [5.74, 6) is 1.02. The molecule has 0 amide bonds. The molecule has 2 rings (SSSR count). The first-order valence-corrected chi connectivity index (χ1v) is 4.00. The third-order valence-electron chi connectivity index (χ3n) is 1.86. The number of hydrogen-bond donors (Lipinski definition) is 2. The molecule has 2 heterocycles. The summed E-state index contributed by atoms with van der Waals surface area (Å²) in [5.41, 5.74) is 7.11. The molecule has 1 aromatic heterocycles. The molecule has 1 aliphatic heterocycles. The molecular formula is C8H12N4. The molecule has 0 aliphatic carbocycles. The van der Waals surface area contributed by atoms with Crippen molar-refractivity contribution in [2.45, 2.75) is 6.92 Å². The van der Waals surface area contributed by atoms with Crippen LogP contribution < -0.4 is 15.8 Å². The molecule has 1 fully saturated rings. The van der Waals surface area contributed by atoms with E-state index in [2.05, 4.69) is 20.7 Å². The molecule has 0 aromatic carbocycles. The van der Waals surface area contributed by atoms with Gasteiger partial charge < -0.3 is 4.90 Å². The van der Waals surface area contributed by atoms with E-state index in [-0.39, 0.29) is 0 Å². The second-order valence-electron chi connectivity index (χ2n) is 2.85. The van der Waals surface area contributed by atoms with Gasteiger partial charge in [-0.1, -0.05) is 6.07 Å². The van der Waals surface area contributed by atoms with Crippen molar-refractivity contribution >= 4 is 5.82 Å². The highest BCUT2D eigenvalue weighted by molar-refractivity contribution is 5.39. The van der Waals surface area contributed by atoms with Crippen LogP contribution in [-0.2, 0) is 0 Å². The molecule has 4 nitrogen and oxygen atoms in total. The van der Waals surface area contributed by atoms with Crippen LogP contribution >= 0.6 is 0 Å². The molecule has 0 spiro atoms. The van der Waals surface area contributed by atoms with Crippen molar-refractivity contribution in [3.63, 3.8) is 0 Å². The predicted molar refractivity (Wildman–Crippen MR) is 47.5 cm³/mol. The van der Waals surface area contributed by atoms with Gasteiger partial charge in [0.25, 0.3) is 0 Å². The monoisotopic (exact) mass is 164 g/mol. The fraction of sp³-hybridized carbons (Fsp3) is 0.375. The number of pyridine rings is 1. The van der Waals surface area contributed by atoms with Gasteiger partial charge in [0.2, 0.25) is 0 Å². The maximum absolute atomic E-state index is 4.40. The summed E-state index contributed by atoms with van der Waals surface area (Å²) in [6.45, 7) is 3.63. The predicted octanol–water partition coefficient (Wildman–Crippen LogP) is 0.219. The zero-order valence-corrected chi connectivity index (χ0v) is 7.04. The molecule has 1 saturated heterocycles. The number of aromatic nitrogens is 1. The van der Waals surface area contributed by atoms with Gasteiger partial charge in [0, 0.05) is 5.69 Å². The minimum atomic E-state index is 0.816. The highest BCUT2D eigenvalue weighted by atomic mass is 15.6. The number of nitrogens with one attached hydrogen (secondary N) is 2. The van der Waals surface area contributed by atoms with E-state index in [0.717, 1.165) is 24.8 Å². The highest BCUT2D eigenvalue weighted by Gasteiger charge is 2.11. The maximum Gasteiger partial charge on any atom is 0.130 e. The third-order valence-corrected chi connectivity index (χ3v) is 1.86. The maximum atomic E-state index is 4.40. The van der Waals surface area contributed by atoms with Crippen LogP contribution in [0.1, 0.15) is 5.69 Å². The molecule has 12 heavy (non-hydrogen) atoms. The van der Waals surface area contributed by atoms with Crippen LogP contribution in [0, 0.1) is 6.92 Å². The minimum absolute atomic E-state index is 0.816. The Morgan fingerprint density at radius 3 is 2.75 bits per heavy atom. The van der Waals surface area contributed by atoms with Crippen molar-refractivity contribution in [2.24, 2.45) is 0 Å². The number of rotatable bonds is 1. The number of nitrogens with zero attached hydrogens (tertiary/aromatic N) is 2. The number of hydrogen-bond acceptors (Lipinski definition) is 4. The minimum Gasteiger partial charge on any atom is -0.329 e. The zero-order chi connectivity index (χ0) is 8.39. The average molecular weight is 164 g/mol. The summed E-state index contributed by atoms with van der Waals surface area (Å²) in [5, 5.41) is 0. The first kappa shape index (κ1) is 7.52. The SMILES string of the molecule is Cc1cccc(N2CNNC2)n1. The normalized spacial score (nSPS) is 16.9. The van der Waals surface area contributed by atoms with Gasteiger partial charge in [-0.3, -0.25) is 0 Å². The van der Waals surface area contributed by atoms with Crippen molar-refractivity contribution in [2.75, 3.05) is 18.2 Å². The molecule has 0 bridgehead atoms. The van der Waals surface area contributed by atoms with E-state index in [1.807, 2.05) is 25.1 Å². The largest absolute Gasteiger partial charge is 0.329 e. The summed E-state index contributed by atoms with van der Waals surface area (Å²) >= 11 is 0. The van der Waals surface area contributed by atoms with Gasteiger partial charge in [-0.15, -0.1) is 0 Å². The van der Waals surface area contributed by atoms with Gasteiger partial charge in [0.05, 0.1) is 13.3 Å². The molecule has 64 valence electrons. The molecule has 2 N–H and O–H groups in total. The fourth-order valence-electron chi connectivity index (χ4n) is 1.23. The van der Waals surface area contributed by atoms with Crippen LogP contribution in [0.5, 0.6) is 0 Å². The van der Waals surface area contributed by atoms with Crippen LogP contribution in [-0.4, -0.2) is 18.3 Å². The molecule has 1 aromatic rings. The Labute approximate surface area is 71.6 Å². The van der Waals surface area contributed by atoms with Crippen LogP contribution in [0.25, 0.3) is 0 Å². The molecule has 0 radical (unpaired) electrons. The van der Waals surface area contributed by atoms with Crippen molar-refractivity contribution in [1.82, 2.24) is 15.8 Å². The van der Waals surface area contributed by atoms with E-state index in [1.54, 1.807) is 0 Å². The lowest BCUT2D eigenvalue weighted by Gasteiger charge is -2.14. The Morgan fingerprint density at radius 1 is 1.33 bits per heavy atom. The van der Waals surface area contributed by atoms with Crippen LogP contribution in [0.3, 0.4) is 0 Å². The van der Waals surface area contributed by atoms with Gasteiger partial charge >= 0.3 is 0 Å². The van der Waals surface area contributed by atoms with Crippen LogP contribution in [0.4, 0.5) is 5.82 Å². The lowest BCUT2D eigenvalue weighted by molar-refractivity contribution is 0.689. The van der Waals surface area contributed by atoms with Gasteiger partial charge in [-0.25, -0.2) is 15.8 Å². The molecule has 0 atom stereocenters. The van der Waals surface area contributed by atoms with E-state index >= 15 is 0 Å². The van der Waals surface area contributed by atoms with E-state index in [9.17, 15) is 0 Å². The summed E-state index contributed by atoms with van der Waals surface area (Å²) in [7, 11) is 0. The van der Waals surface area contributed by atoms with E-state index in [0.29, 0.717) is 0 Å². The Balaban J connectivity index is 2.21. The second-order valence-corrected chi connectivity index (χ2v) is 2.85. The fourth-order valence-corrected chi connectivity index (χ4v) is 1.23. The zero-order valence-electron chi connectivity index (χ0n) is 7.04. The smallest absolute Gasteiger partial charge is 0.130 e. The average Bonchev–Trinajstić information content (AvgIpc) is 2.56. The summed E-state index contributed by atoms with van der Waals surface area (Å²) in [6.07, 6.45) is 0. The van der Waals surface area contributed by atoms with E-state index in [1.165, 1.54) is 0 Å².